The van der Waals surface area contributed by atoms with Crippen LogP contribution in [0.4, 0.5) is 4.39 Å². The highest BCUT2D eigenvalue weighted by atomic mass is 79.9. The largest absolute Gasteiger partial charge is 0.312 e. The topological polar surface area (TPSA) is 29.9 Å². The van der Waals surface area contributed by atoms with Gasteiger partial charge in [0.15, 0.2) is 0 Å². The summed E-state index contributed by atoms with van der Waals surface area (Å²) in [6.07, 6.45) is 1.90. The predicted octanol–water partition coefficient (Wildman–Crippen LogP) is 3.89. The van der Waals surface area contributed by atoms with Crippen molar-refractivity contribution < 1.29 is 4.39 Å². The molecule has 0 aliphatic heterocycles. The van der Waals surface area contributed by atoms with Gasteiger partial charge in [0, 0.05) is 22.3 Å². The van der Waals surface area contributed by atoms with Gasteiger partial charge in [-0.05, 0) is 37.1 Å². The molecule has 0 saturated heterocycles. The van der Waals surface area contributed by atoms with Crippen molar-refractivity contribution in [1.82, 2.24) is 15.1 Å². The molecule has 1 heterocycles. The molecule has 0 spiro atoms. The molecule has 5 heteroatoms. The van der Waals surface area contributed by atoms with Gasteiger partial charge in [-0.3, -0.25) is 4.68 Å². The molecule has 1 aromatic carbocycles. The van der Waals surface area contributed by atoms with Gasteiger partial charge < -0.3 is 5.32 Å². The van der Waals surface area contributed by atoms with Crippen LogP contribution in [0.25, 0.3) is 0 Å². The van der Waals surface area contributed by atoms with E-state index >= 15 is 0 Å². The Balaban J connectivity index is 2.06. The first kappa shape index (κ1) is 16.2. The van der Waals surface area contributed by atoms with E-state index in [1.807, 2.05) is 10.9 Å². The fourth-order valence-corrected chi connectivity index (χ4v) is 2.60. The lowest BCUT2D eigenvalue weighted by Crippen LogP contribution is -2.19. The van der Waals surface area contributed by atoms with Gasteiger partial charge in [0.25, 0.3) is 0 Å². The number of nitrogens with zero attached hydrogens (tertiary/aromatic N) is 2. The maximum atomic E-state index is 13.1. The molecule has 0 aliphatic carbocycles. The van der Waals surface area contributed by atoms with E-state index < -0.39 is 0 Å². The highest BCUT2D eigenvalue weighted by Crippen LogP contribution is 2.20. The van der Waals surface area contributed by atoms with Crippen molar-refractivity contribution in [3.8, 4) is 0 Å². The summed E-state index contributed by atoms with van der Waals surface area (Å²) in [5.41, 5.74) is 3.36. The normalized spacial score (nSPS) is 11.3. The molecule has 2 aromatic rings. The molecule has 0 aliphatic rings. The first-order valence-corrected chi connectivity index (χ1v) is 7.92. The number of benzene rings is 1. The summed E-state index contributed by atoms with van der Waals surface area (Å²) in [7, 11) is 0. The summed E-state index contributed by atoms with van der Waals surface area (Å²) in [6.45, 7) is 8.90. The summed E-state index contributed by atoms with van der Waals surface area (Å²) in [5, 5.41) is 7.86. The molecule has 114 valence electrons. The molecule has 1 N–H and O–H groups in total. The van der Waals surface area contributed by atoms with Gasteiger partial charge in [-0.15, -0.1) is 0 Å². The van der Waals surface area contributed by atoms with E-state index in [1.165, 1.54) is 17.7 Å². The molecule has 0 atom stereocenters. The smallest absolute Gasteiger partial charge is 0.124 e. The Morgan fingerprint density at radius 2 is 2.10 bits per heavy atom. The van der Waals surface area contributed by atoms with Gasteiger partial charge in [-0.1, -0.05) is 35.8 Å². The van der Waals surface area contributed by atoms with E-state index in [0.717, 1.165) is 28.8 Å². The Bertz CT molecular complexity index is 608. The number of aromatic nitrogens is 2. The predicted molar refractivity (Wildman–Crippen MR) is 86.7 cm³/mol. The third-order valence-electron chi connectivity index (χ3n) is 3.41. The first-order valence-electron chi connectivity index (χ1n) is 7.13. The standard InChI is InChI=1S/C16H21BrFN3/c1-11(2)7-19-8-14-9-20-21(12(14)3)10-13-4-5-15(18)6-16(13)17/h4-6,9,11,19H,7-8,10H2,1-3H3. The van der Waals surface area contributed by atoms with E-state index in [1.54, 1.807) is 6.07 Å². The molecule has 1 aromatic heterocycles. The minimum Gasteiger partial charge on any atom is -0.312 e. The second-order valence-electron chi connectivity index (χ2n) is 5.67. The van der Waals surface area contributed by atoms with Crippen LogP contribution in [0, 0.1) is 18.7 Å². The van der Waals surface area contributed by atoms with E-state index in [4.69, 9.17) is 0 Å². The van der Waals surface area contributed by atoms with Crippen LogP contribution < -0.4 is 5.32 Å². The highest BCUT2D eigenvalue weighted by Gasteiger charge is 2.09. The number of nitrogens with one attached hydrogen (secondary N) is 1. The van der Waals surface area contributed by atoms with Gasteiger partial charge in [0.2, 0.25) is 0 Å². The zero-order valence-corrected chi connectivity index (χ0v) is 14.2. The molecule has 3 nitrogen and oxygen atoms in total. The monoisotopic (exact) mass is 353 g/mol. The Kier molecular flexibility index (Phi) is 5.53. The van der Waals surface area contributed by atoms with E-state index in [-0.39, 0.29) is 5.82 Å². The van der Waals surface area contributed by atoms with Crippen molar-refractivity contribution in [3.05, 3.63) is 51.5 Å². The maximum Gasteiger partial charge on any atom is 0.124 e. The van der Waals surface area contributed by atoms with Crippen LogP contribution in [0.5, 0.6) is 0 Å². The third-order valence-corrected chi connectivity index (χ3v) is 4.15. The summed E-state index contributed by atoms with van der Waals surface area (Å²) in [5.74, 6) is 0.400. The molecule has 0 bridgehead atoms. The summed E-state index contributed by atoms with van der Waals surface area (Å²) < 4.78 is 15.8. The zero-order chi connectivity index (χ0) is 15.4. The molecular weight excluding hydrogens is 333 g/mol. The van der Waals surface area contributed by atoms with Crippen LogP contribution in [0.15, 0.2) is 28.9 Å². The van der Waals surface area contributed by atoms with Gasteiger partial charge in [-0.25, -0.2) is 4.39 Å². The minimum absolute atomic E-state index is 0.235. The number of rotatable bonds is 6. The number of hydrogen-bond acceptors (Lipinski definition) is 2. The van der Waals surface area contributed by atoms with E-state index in [9.17, 15) is 4.39 Å². The second-order valence-corrected chi connectivity index (χ2v) is 6.53. The summed E-state index contributed by atoms with van der Waals surface area (Å²) in [4.78, 5) is 0. The van der Waals surface area contributed by atoms with Crippen molar-refractivity contribution in [2.75, 3.05) is 6.54 Å². The Labute approximate surface area is 133 Å². The molecule has 2 rings (SSSR count). The lowest BCUT2D eigenvalue weighted by Gasteiger charge is -2.09. The van der Waals surface area contributed by atoms with Crippen molar-refractivity contribution in [1.29, 1.82) is 0 Å². The van der Waals surface area contributed by atoms with E-state index in [2.05, 4.69) is 47.1 Å². The third kappa shape index (κ3) is 4.38. The van der Waals surface area contributed by atoms with Gasteiger partial charge in [0.05, 0.1) is 12.7 Å². The molecule has 0 fully saturated rings. The molecule has 21 heavy (non-hydrogen) atoms. The van der Waals surface area contributed by atoms with Crippen molar-refractivity contribution >= 4 is 15.9 Å². The maximum absolute atomic E-state index is 13.1. The molecule has 0 saturated carbocycles. The average molecular weight is 354 g/mol. The van der Waals surface area contributed by atoms with Crippen molar-refractivity contribution in [2.45, 2.75) is 33.9 Å². The van der Waals surface area contributed by atoms with Crippen LogP contribution in [-0.4, -0.2) is 16.3 Å². The van der Waals surface area contributed by atoms with Gasteiger partial charge >= 0.3 is 0 Å². The number of halogens is 2. The second kappa shape index (κ2) is 7.18. The van der Waals surface area contributed by atoms with Crippen molar-refractivity contribution in [3.63, 3.8) is 0 Å². The highest BCUT2D eigenvalue weighted by molar-refractivity contribution is 9.10. The zero-order valence-electron chi connectivity index (χ0n) is 12.7. The molecule has 0 radical (unpaired) electrons. The van der Waals surface area contributed by atoms with E-state index in [0.29, 0.717) is 12.5 Å². The number of hydrogen-bond donors (Lipinski definition) is 1. The van der Waals surface area contributed by atoms with Crippen LogP contribution in [0.3, 0.4) is 0 Å². The Morgan fingerprint density at radius 3 is 2.76 bits per heavy atom. The fourth-order valence-electron chi connectivity index (χ4n) is 2.12. The van der Waals surface area contributed by atoms with Crippen LogP contribution in [-0.2, 0) is 13.1 Å². The first-order chi connectivity index (χ1) is 9.97. The van der Waals surface area contributed by atoms with Gasteiger partial charge in [-0.2, -0.15) is 5.10 Å². The summed E-state index contributed by atoms with van der Waals surface area (Å²) in [6, 6.07) is 4.75. The van der Waals surface area contributed by atoms with Crippen LogP contribution >= 0.6 is 15.9 Å². The lowest BCUT2D eigenvalue weighted by atomic mass is 10.2. The minimum atomic E-state index is -0.235. The lowest BCUT2D eigenvalue weighted by molar-refractivity contribution is 0.550. The van der Waals surface area contributed by atoms with Crippen LogP contribution in [0.1, 0.15) is 30.7 Å². The van der Waals surface area contributed by atoms with Crippen LogP contribution in [0.2, 0.25) is 0 Å². The molecule has 0 amide bonds. The van der Waals surface area contributed by atoms with Gasteiger partial charge in [0.1, 0.15) is 5.82 Å². The average Bonchev–Trinajstić information content (AvgIpc) is 2.74. The fraction of sp³-hybridized carbons (Fsp3) is 0.438. The summed E-state index contributed by atoms with van der Waals surface area (Å²) >= 11 is 3.40. The Morgan fingerprint density at radius 1 is 1.33 bits per heavy atom. The quantitative estimate of drug-likeness (QED) is 0.853. The SMILES string of the molecule is Cc1c(CNCC(C)C)cnn1Cc1ccc(F)cc1Br. The molecular formula is C16H21BrFN3. The Hall–Kier alpha value is -1.20. The van der Waals surface area contributed by atoms with Crippen molar-refractivity contribution in [2.24, 2.45) is 5.92 Å². The molecule has 0 unspecified atom stereocenters.